The Hall–Kier alpha value is 15.9. The molecule has 0 rings (SSSR count). The van der Waals surface area contributed by atoms with Crippen molar-refractivity contribution in [3.05, 3.63) is 0 Å². The van der Waals surface area contributed by atoms with Crippen molar-refractivity contribution < 1.29 is 108 Å². The molecule has 0 spiro atoms. The van der Waals surface area contributed by atoms with Crippen molar-refractivity contribution in [1.29, 1.82) is 0 Å². The fourth-order valence-corrected chi connectivity index (χ4v) is 0. The molecule has 0 aromatic rings. The van der Waals surface area contributed by atoms with Crippen LogP contribution in [0.25, 0.3) is 0 Å². The normalized spacial score (nSPS) is 3.47. The molecule has 0 aliphatic carbocycles. The molecule has 0 heterocycles. The molecule has 0 bridgehead atoms. The summed E-state index contributed by atoms with van der Waals surface area (Å²) in [7, 11) is -5.39. The van der Waals surface area contributed by atoms with Crippen molar-refractivity contribution >= 4 is 405 Å². The molecule has 0 unspecified atom stereocenters. The molecule has 17 heavy (non-hydrogen) atoms. The van der Waals surface area contributed by atoms with Gasteiger partial charge in [0.25, 0.3) is 0 Å². The molecule has 0 N–H and O–H groups in total. The van der Waals surface area contributed by atoms with Crippen LogP contribution in [0.3, 0.4) is 0 Å². The summed E-state index contributed by atoms with van der Waals surface area (Å²) in [6, 6.07) is 0. The zero-order valence-electron chi connectivity index (χ0n) is 5.08. The van der Waals surface area contributed by atoms with Crippen molar-refractivity contribution in [3.63, 3.8) is 0 Å². The molecule has 0 radical (unpaired) electrons. The summed E-state index contributed by atoms with van der Waals surface area (Å²) in [5.74, 6) is 0. The summed E-state index contributed by atoms with van der Waals surface area (Å²) in [5, 5.41) is 0. The first kappa shape index (κ1) is 84.5. The third kappa shape index (κ3) is 113. The molecule has 50 valence electrons. The van der Waals surface area contributed by atoms with Crippen LogP contribution < -0.4 is 103 Å². The molecule has 0 aliphatic rings. The van der Waals surface area contributed by atoms with E-state index >= 15 is 0 Å². The maximum absolute atomic E-state index is 8.55. The van der Waals surface area contributed by atoms with Crippen molar-refractivity contribution in [2.24, 2.45) is 0 Å². The molecular weight excluding hydrogens is 467 g/mol. The molecule has 4 nitrogen and oxygen atoms in total. The molecule has 0 aromatic carbocycles. The van der Waals surface area contributed by atoms with E-state index in [-0.39, 0.29) is 486 Å². The monoisotopic (exact) mass is 476 g/mol. The van der Waals surface area contributed by atoms with Gasteiger partial charge in [-0.1, -0.05) is 0 Å². The zero-order valence-corrected chi connectivity index (χ0v) is 12.0. The van der Waals surface area contributed by atoms with Crippen LogP contribution in [0.2, 0.25) is 0 Å². The van der Waals surface area contributed by atoms with Crippen LogP contribution in [-0.4, -0.2) is 397 Å². The van der Waals surface area contributed by atoms with Gasteiger partial charge in [-0.3, -0.25) is 0 Å². The predicted molar refractivity (Wildman–Crippen MR) is 71.9 cm³/mol. The van der Waals surface area contributed by atoms with Crippen molar-refractivity contribution in [3.8, 4) is 0 Å². The summed E-state index contributed by atoms with van der Waals surface area (Å²) in [4.78, 5) is 25.6. The Balaban J connectivity index is -0.00000000121. The van der Waals surface area contributed by atoms with E-state index in [1.54, 1.807) is 0 Å². The van der Waals surface area contributed by atoms with Gasteiger partial charge in [-0.25, -0.2) is 0 Å². The minimum absolute atomic E-state index is 0. The van der Waals surface area contributed by atoms with Gasteiger partial charge < -0.3 is 19.2 Å². The minimum atomic E-state index is -5.39. The molecule has 17 heteroatoms. The van der Waals surface area contributed by atoms with Crippen molar-refractivity contribution in [2.45, 2.75) is 0 Å². The first-order chi connectivity index (χ1) is 2.00. The van der Waals surface area contributed by atoms with Gasteiger partial charge in [0.15, 0.2) is 0 Å². The van der Waals surface area contributed by atoms with Crippen LogP contribution in [0.1, 0.15) is 0 Å². The fraction of sp³-hybridized carbons (Fsp3) is 0. The first-order valence-corrected chi connectivity index (χ1v) is 2.19. The van der Waals surface area contributed by atoms with E-state index in [4.69, 9.17) is 19.2 Å². The summed E-state index contributed by atoms with van der Waals surface area (Å²) in [6.07, 6.45) is 0. The van der Waals surface area contributed by atoms with E-state index in [0.29, 0.717) is 0 Å². The Morgan fingerprint density at radius 1 is 0.529 bits per heavy atom. The van der Waals surface area contributed by atoms with E-state index in [9.17, 15) is 0 Å². The third-order valence-corrected chi connectivity index (χ3v) is 0. The number of hydrogen-bond donors (Lipinski definition) is 0. The Morgan fingerprint density at radius 2 is 0.529 bits per heavy atom. The average molecular weight is 477 g/mol. The Bertz CT molecular complexity index is 76.6. The number of hydrogen-bond acceptors (Lipinski definition) is 4. The van der Waals surface area contributed by atoms with E-state index in [1.807, 2.05) is 0 Å². The predicted octanol–water partition coefficient (Wildman–Crippen LogP) is -17.6. The fourth-order valence-electron chi connectivity index (χ4n) is 0. The van der Waals surface area contributed by atoms with Crippen LogP contribution in [-0.2, 0) is 4.57 Å². The van der Waals surface area contributed by atoms with Crippen LogP contribution in [0.5, 0.6) is 0 Å². The van der Waals surface area contributed by atoms with Crippen LogP contribution in [0, 0.1) is 0 Å². The van der Waals surface area contributed by atoms with Gasteiger partial charge in [-0.2, -0.15) is 7.82 Å². The van der Waals surface area contributed by atoms with E-state index < -0.39 is 7.82 Å². The average Bonchev–Trinajstić information content (AvgIpc) is 0.722. The number of rotatable bonds is 0. The van der Waals surface area contributed by atoms with Gasteiger partial charge >= 0.3 is 486 Å². The topological polar surface area (TPSA) is 86.2 Å². The molecule has 0 atom stereocenters. The van der Waals surface area contributed by atoms with Crippen molar-refractivity contribution in [1.82, 2.24) is 0 Å². The zero-order chi connectivity index (χ0) is 4.50. The molecule has 0 saturated heterocycles. The van der Waals surface area contributed by atoms with Gasteiger partial charge in [-0.05, 0) is 0 Å². The standard InChI is InChI=1S/6K.6Na.H3O4P.9H/c;;;;;;;;;;;;1-5(2,3)4;;;;;;;;;/h;;;;;;;;;;;;(H3,1,2,3,4);;;;;;;;;/q;;;;;;;;;3*+1;;;;;;;;;;/p-3. The van der Waals surface area contributed by atoms with Crippen LogP contribution in [0.15, 0.2) is 0 Å². The summed E-state index contributed by atoms with van der Waals surface area (Å²) < 4.78 is 8.55. The quantitative estimate of drug-likeness (QED) is 0.257. The Labute approximate surface area is 492 Å². The van der Waals surface area contributed by atoms with Gasteiger partial charge in [-0.15, -0.1) is 0 Å². The van der Waals surface area contributed by atoms with Crippen molar-refractivity contribution in [2.75, 3.05) is 0 Å². The SMILES string of the molecule is O=P([O-])([O-])[O-].[KH].[KH].[KH].[KH].[KH].[KH].[Na+].[Na+].[Na+].[NaH].[NaH].[NaH]. The summed E-state index contributed by atoms with van der Waals surface area (Å²) >= 11 is 0. The van der Waals surface area contributed by atoms with E-state index in [0.717, 1.165) is 0 Å². The summed E-state index contributed by atoms with van der Waals surface area (Å²) in [5.41, 5.74) is 0. The Morgan fingerprint density at radius 3 is 0.529 bits per heavy atom. The van der Waals surface area contributed by atoms with Gasteiger partial charge in [0.05, 0.1) is 0 Å². The number of phosphoric acid groups is 1. The second-order valence-corrected chi connectivity index (χ2v) is 1.34. The van der Waals surface area contributed by atoms with Gasteiger partial charge in [0, 0.05) is 0 Å². The first-order valence-electron chi connectivity index (χ1n) is 0.730. The van der Waals surface area contributed by atoms with Crippen LogP contribution >= 0.6 is 7.82 Å². The molecule has 0 saturated carbocycles. The summed E-state index contributed by atoms with van der Waals surface area (Å²) in [6.45, 7) is 0. The van der Waals surface area contributed by atoms with E-state index in [2.05, 4.69) is 0 Å². The molecule has 0 fully saturated rings. The van der Waals surface area contributed by atoms with Crippen LogP contribution in [0.4, 0.5) is 0 Å². The second-order valence-electron chi connectivity index (χ2n) is 0.447. The molecular formula is H9K6Na6O4P. The maximum atomic E-state index is 8.55. The molecule has 0 aromatic heterocycles. The van der Waals surface area contributed by atoms with Gasteiger partial charge in [0.2, 0.25) is 0 Å². The Kier molecular flexibility index (Phi) is 316. The van der Waals surface area contributed by atoms with E-state index in [1.165, 1.54) is 0 Å². The molecule has 0 aliphatic heterocycles. The van der Waals surface area contributed by atoms with Gasteiger partial charge in [0.1, 0.15) is 0 Å². The molecule has 0 amide bonds. The third-order valence-electron chi connectivity index (χ3n) is 0. The second kappa shape index (κ2) is 63.5.